The van der Waals surface area contributed by atoms with E-state index < -0.39 is 10.5 Å². The summed E-state index contributed by atoms with van der Waals surface area (Å²) in [5.74, 6) is -0.210. The summed E-state index contributed by atoms with van der Waals surface area (Å²) in [6, 6.07) is 5.93. The lowest BCUT2D eigenvalue weighted by molar-refractivity contribution is -0.384. The number of likely N-dealkylation sites (N-methyl/N-ethyl adjacent to an activating group) is 1. The van der Waals surface area contributed by atoms with Crippen molar-refractivity contribution < 1.29 is 14.8 Å². The molecule has 0 aliphatic rings. The molecule has 0 aromatic heterocycles. The molecule has 0 unspecified atom stereocenters. The molecular formula is C15H20N2O4. The van der Waals surface area contributed by atoms with E-state index in [-0.39, 0.29) is 18.1 Å². The van der Waals surface area contributed by atoms with Crippen molar-refractivity contribution in [3.8, 4) is 0 Å². The molecule has 0 atom stereocenters. The Balaban J connectivity index is 2.74. The van der Waals surface area contributed by atoms with Gasteiger partial charge in [0.25, 0.3) is 5.69 Å². The van der Waals surface area contributed by atoms with Crippen LogP contribution in [-0.4, -0.2) is 39.5 Å². The van der Waals surface area contributed by atoms with Gasteiger partial charge in [-0.3, -0.25) is 14.9 Å². The topological polar surface area (TPSA) is 83.7 Å². The van der Waals surface area contributed by atoms with Gasteiger partial charge in [0.15, 0.2) is 0 Å². The number of amides is 1. The molecule has 1 aromatic rings. The predicted molar refractivity (Wildman–Crippen MR) is 80.7 cm³/mol. The third kappa shape index (κ3) is 5.74. The Morgan fingerprint density at radius 3 is 2.38 bits per heavy atom. The minimum absolute atomic E-state index is 0.00990. The van der Waals surface area contributed by atoms with Gasteiger partial charge in [0, 0.05) is 31.3 Å². The predicted octanol–water partition coefficient (Wildman–Crippen LogP) is 2.23. The Kier molecular flexibility index (Phi) is 5.60. The first-order chi connectivity index (χ1) is 9.73. The van der Waals surface area contributed by atoms with Crippen LogP contribution in [0.2, 0.25) is 0 Å². The number of carbonyl (C=O) groups is 1. The average molecular weight is 292 g/mol. The van der Waals surface area contributed by atoms with Crippen LogP contribution >= 0.6 is 0 Å². The molecule has 0 spiro atoms. The number of carbonyl (C=O) groups excluding carboxylic acids is 1. The molecule has 0 aliphatic heterocycles. The Morgan fingerprint density at radius 2 is 1.95 bits per heavy atom. The monoisotopic (exact) mass is 292 g/mol. The van der Waals surface area contributed by atoms with Gasteiger partial charge in [-0.2, -0.15) is 0 Å². The summed E-state index contributed by atoms with van der Waals surface area (Å²) in [7, 11) is 0. The van der Waals surface area contributed by atoms with Crippen LogP contribution in [0.5, 0.6) is 0 Å². The number of hydrogen-bond acceptors (Lipinski definition) is 4. The van der Waals surface area contributed by atoms with Gasteiger partial charge in [0.2, 0.25) is 5.91 Å². The zero-order valence-corrected chi connectivity index (χ0v) is 12.4. The molecule has 0 bridgehead atoms. The molecule has 1 amide bonds. The first-order valence-electron chi connectivity index (χ1n) is 6.67. The molecule has 0 saturated heterocycles. The number of nitro benzene ring substituents is 1. The highest BCUT2D eigenvalue weighted by atomic mass is 16.6. The number of hydrogen-bond donors (Lipinski definition) is 1. The largest absolute Gasteiger partial charge is 0.389 e. The van der Waals surface area contributed by atoms with E-state index in [0.717, 1.165) is 0 Å². The van der Waals surface area contributed by atoms with Gasteiger partial charge in [-0.1, -0.05) is 0 Å². The first kappa shape index (κ1) is 16.8. The van der Waals surface area contributed by atoms with Crippen LogP contribution in [0.1, 0.15) is 26.3 Å². The van der Waals surface area contributed by atoms with E-state index in [1.165, 1.54) is 23.1 Å². The maximum absolute atomic E-state index is 12.0. The molecule has 21 heavy (non-hydrogen) atoms. The van der Waals surface area contributed by atoms with Gasteiger partial charge in [-0.25, -0.2) is 0 Å². The van der Waals surface area contributed by atoms with Gasteiger partial charge in [0.05, 0.1) is 10.5 Å². The maximum Gasteiger partial charge on any atom is 0.269 e. The number of nitro groups is 1. The molecule has 0 fully saturated rings. The summed E-state index contributed by atoms with van der Waals surface area (Å²) in [4.78, 5) is 23.6. The fraction of sp³-hybridized carbons (Fsp3) is 0.400. The number of nitrogens with zero attached hydrogens (tertiary/aromatic N) is 2. The van der Waals surface area contributed by atoms with Crippen molar-refractivity contribution >= 4 is 17.7 Å². The number of rotatable bonds is 6. The van der Waals surface area contributed by atoms with Crippen molar-refractivity contribution in [2.24, 2.45) is 0 Å². The molecule has 1 N–H and O–H groups in total. The van der Waals surface area contributed by atoms with E-state index in [1.54, 1.807) is 32.1 Å². The molecule has 0 aliphatic carbocycles. The summed E-state index contributed by atoms with van der Waals surface area (Å²) in [6.07, 6.45) is 3.00. The molecule has 1 aromatic carbocycles. The van der Waals surface area contributed by atoms with Crippen molar-refractivity contribution in [3.63, 3.8) is 0 Å². The lowest BCUT2D eigenvalue weighted by Crippen LogP contribution is -2.41. The molecule has 0 radical (unpaired) electrons. The Hall–Kier alpha value is -2.21. The van der Waals surface area contributed by atoms with Gasteiger partial charge in [-0.05, 0) is 44.5 Å². The molecule has 0 heterocycles. The first-order valence-corrected chi connectivity index (χ1v) is 6.67. The molecular weight excluding hydrogens is 272 g/mol. The van der Waals surface area contributed by atoms with Gasteiger partial charge in [0.1, 0.15) is 0 Å². The second-order valence-electron chi connectivity index (χ2n) is 5.35. The maximum atomic E-state index is 12.0. The van der Waals surface area contributed by atoms with E-state index in [1.807, 2.05) is 6.92 Å². The average Bonchev–Trinajstić information content (AvgIpc) is 2.41. The van der Waals surface area contributed by atoms with E-state index in [9.17, 15) is 20.0 Å². The Morgan fingerprint density at radius 1 is 1.38 bits per heavy atom. The quantitative estimate of drug-likeness (QED) is 0.495. The van der Waals surface area contributed by atoms with Crippen molar-refractivity contribution in [3.05, 3.63) is 46.0 Å². The van der Waals surface area contributed by atoms with E-state index >= 15 is 0 Å². The fourth-order valence-corrected chi connectivity index (χ4v) is 1.79. The highest BCUT2D eigenvalue weighted by molar-refractivity contribution is 5.91. The zero-order chi connectivity index (χ0) is 16.0. The highest BCUT2D eigenvalue weighted by Crippen LogP contribution is 2.13. The zero-order valence-electron chi connectivity index (χ0n) is 12.4. The normalized spacial score (nSPS) is 11.6. The van der Waals surface area contributed by atoms with Crippen LogP contribution < -0.4 is 0 Å². The van der Waals surface area contributed by atoms with Crippen LogP contribution in [0, 0.1) is 10.1 Å². The third-order valence-corrected chi connectivity index (χ3v) is 2.79. The van der Waals surface area contributed by atoms with Crippen LogP contribution in [0.4, 0.5) is 5.69 Å². The molecule has 1 rings (SSSR count). The van der Waals surface area contributed by atoms with E-state index in [2.05, 4.69) is 0 Å². The van der Waals surface area contributed by atoms with Gasteiger partial charge < -0.3 is 10.0 Å². The number of non-ortho nitro benzene ring substituents is 1. The summed E-state index contributed by atoms with van der Waals surface area (Å²) < 4.78 is 0. The van der Waals surface area contributed by atoms with Gasteiger partial charge >= 0.3 is 0 Å². The highest BCUT2D eigenvalue weighted by Gasteiger charge is 2.19. The number of aliphatic hydroxyl groups is 1. The van der Waals surface area contributed by atoms with Crippen LogP contribution in [0.25, 0.3) is 6.08 Å². The molecule has 6 heteroatoms. The third-order valence-electron chi connectivity index (χ3n) is 2.79. The van der Waals surface area contributed by atoms with Gasteiger partial charge in [-0.15, -0.1) is 0 Å². The lowest BCUT2D eigenvalue weighted by atomic mass is 10.1. The second kappa shape index (κ2) is 6.99. The van der Waals surface area contributed by atoms with Crippen LogP contribution in [0.15, 0.2) is 30.3 Å². The Labute approximate surface area is 123 Å². The minimum atomic E-state index is -0.952. The smallest absolute Gasteiger partial charge is 0.269 e. The minimum Gasteiger partial charge on any atom is -0.389 e. The Bertz CT molecular complexity index is 530. The molecule has 0 saturated carbocycles. The van der Waals surface area contributed by atoms with Crippen LogP contribution in [0.3, 0.4) is 0 Å². The summed E-state index contributed by atoms with van der Waals surface area (Å²) in [6.45, 7) is 5.86. The van der Waals surface area contributed by atoms with Crippen molar-refractivity contribution in [1.29, 1.82) is 0 Å². The number of benzene rings is 1. The summed E-state index contributed by atoms with van der Waals surface area (Å²) in [5, 5.41) is 20.3. The molecule has 6 nitrogen and oxygen atoms in total. The standard InChI is InChI=1S/C15H20N2O4/c1-4-16(11-15(2,3)19)14(18)10-7-12-5-8-13(9-6-12)17(20)21/h5-10,19H,4,11H2,1-3H3/b10-7+. The van der Waals surface area contributed by atoms with E-state index in [0.29, 0.717) is 12.1 Å². The van der Waals surface area contributed by atoms with Crippen molar-refractivity contribution in [1.82, 2.24) is 4.90 Å². The van der Waals surface area contributed by atoms with Crippen LogP contribution in [-0.2, 0) is 4.79 Å². The fourth-order valence-electron chi connectivity index (χ4n) is 1.79. The summed E-state index contributed by atoms with van der Waals surface area (Å²) >= 11 is 0. The SMILES string of the molecule is CCN(CC(C)(C)O)C(=O)/C=C/c1ccc([N+](=O)[O-])cc1. The van der Waals surface area contributed by atoms with E-state index in [4.69, 9.17) is 0 Å². The second-order valence-corrected chi connectivity index (χ2v) is 5.35. The summed E-state index contributed by atoms with van der Waals surface area (Å²) in [5.41, 5.74) is -0.240. The van der Waals surface area contributed by atoms with Crippen molar-refractivity contribution in [2.75, 3.05) is 13.1 Å². The van der Waals surface area contributed by atoms with Crippen molar-refractivity contribution in [2.45, 2.75) is 26.4 Å². The molecule has 114 valence electrons. The lowest BCUT2D eigenvalue weighted by Gasteiger charge is -2.27.